The molecule has 2 aliphatic heterocycles. The standard InChI is InChI=1S/C15H24N4/c1-16-13-9-15(11-17-10-13)19-8-5-14(12-19)18-6-3-2-4-7-18/h9-11,14,16H,2-8,12H2,1H3. The molecule has 0 radical (unpaired) electrons. The van der Waals surface area contributed by atoms with Gasteiger partial charge in [0.05, 0.1) is 23.8 Å². The number of nitrogens with zero attached hydrogens (tertiary/aromatic N) is 3. The third kappa shape index (κ3) is 2.84. The molecule has 2 fully saturated rings. The lowest BCUT2D eigenvalue weighted by atomic mass is 10.1. The molecular weight excluding hydrogens is 236 g/mol. The maximum atomic E-state index is 4.32. The third-order valence-electron chi connectivity index (χ3n) is 4.45. The first-order valence-corrected chi connectivity index (χ1v) is 7.48. The van der Waals surface area contributed by atoms with Crippen LogP contribution in [0, 0.1) is 0 Å². The topological polar surface area (TPSA) is 31.4 Å². The Morgan fingerprint density at radius 2 is 2.00 bits per heavy atom. The van der Waals surface area contributed by atoms with Gasteiger partial charge in [-0.05, 0) is 38.4 Å². The summed E-state index contributed by atoms with van der Waals surface area (Å²) in [6, 6.07) is 2.95. The molecule has 0 amide bonds. The molecular formula is C15H24N4. The second kappa shape index (κ2) is 5.78. The summed E-state index contributed by atoms with van der Waals surface area (Å²) in [4.78, 5) is 9.49. The molecule has 4 heteroatoms. The molecule has 0 saturated carbocycles. The maximum absolute atomic E-state index is 4.32. The molecule has 1 aromatic heterocycles. The van der Waals surface area contributed by atoms with Crippen LogP contribution in [-0.4, -0.2) is 49.2 Å². The van der Waals surface area contributed by atoms with Crippen LogP contribution in [0.15, 0.2) is 18.5 Å². The number of piperidine rings is 1. The van der Waals surface area contributed by atoms with E-state index >= 15 is 0 Å². The van der Waals surface area contributed by atoms with Gasteiger partial charge in [0.1, 0.15) is 0 Å². The highest BCUT2D eigenvalue weighted by Gasteiger charge is 2.28. The lowest BCUT2D eigenvalue weighted by Crippen LogP contribution is -2.40. The van der Waals surface area contributed by atoms with Crippen molar-refractivity contribution in [2.24, 2.45) is 0 Å². The second-order valence-electron chi connectivity index (χ2n) is 5.67. The van der Waals surface area contributed by atoms with Gasteiger partial charge >= 0.3 is 0 Å². The molecule has 104 valence electrons. The van der Waals surface area contributed by atoms with Crippen LogP contribution in [0.1, 0.15) is 25.7 Å². The Morgan fingerprint density at radius 1 is 1.16 bits per heavy atom. The molecule has 2 aliphatic rings. The van der Waals surface area contributed by atoms with Gasteiger partial charge in [-0.1, -0.05) is 6.42 Å². The van der Waals surface area contributed by atoms with Crippen molar-refractivity contribution in [3.8, 4) is 0 Å². The third-order valence-corrected chi connectivity index (χ3v) is 4.45. The number of likely N-dealkylation sites (tertiary alicyclic amines) is 1. The summed E-state index contributed by atoms with van der Waals surface area (Å²) in [6.45, 7) is 4.92. The molecule has 4 nitrogen and oxygen atoms in total. The van der Waals surface area contributed by atoms with Gasteiger partial charge in [-0.25, -0.2) is 0 Å². The van der Waals surface area contributed by atoms with Crippen molar-refractivity contribution in [3.05, 3.63) is 18.5 Å². The normalized spacial score (nSPS) is 24.7. The van der Waals surface area contributed by atoms with Gasteiger partial charge in [0.2, 0.25) is 0 Å². The van der Waals surface area contributed by atoms with Crippen LogP contribution in [0.3, 0.4) is 0 Å². The molecule has 1 N–H and O–H groups in total. The van der Waals surface area contributed by atoms with Crippen molar-refractivity contribution in [1.29, 1.82) is 0 Å². The van der Waals surface area contributed by atoms with Crippen molar-refractivity contribution in [1.82, 2.24) is 9.88 Å². The lowest BCUT2D eigenvalue weighted by molar-refractivity contribution is 0.175. The first-order valence-electron chi connectivity index (χ1n) is 7.48. The van der Waals surface area contributed by atoms with E-state index in [1.807, 2.05) is 19.4 Å². The van der Waals surface area contributed by atoms with Crippen LogP contribution in [0.2, 0.25) is 0 Å². The number of hydrogen-bond donors (Lipinski definition) is 1. The quantitative estimate of drug-likeness (QED) is 0.902. The maximum Gasteiger partial charge on any atom is 0.0574 e. The Balaban J connectivity index is 1.64. The zero-order chi connectivity index (χ0) is 13.1. The van der Waals surface area contributed by atoms with Crippen LogP contribution in [0.25, 0.3) is 0 Å². The van der Waals surface area contributed by atoms with Crippen molar-refractivity contribution in [3.63, 3.8) is 0 Å². The van der Waals surface area contributed by atoms with Gasteiger partial charge < -0.3 is 10.2 Å². The monoisotopic (exact) mass is 260 g/mol. The molecule has 1 unspecified atom stereocenters. The molecule has 1 atom stereocenters. The molecule has 1 aromatic rings. The fraction of sp³-hybridized carbons (Fsp3) is 0.667. The summed E-state index contributed by atoms with van der Waals surface area (Å²) in [5.41, 5.74) is 2.35. The zero-order valence-electron chi connectivity index (χ0n) is 11.8. The Hall–Kier alpha value is -1.29. The molecule has 0 aliphatic carbocycles. The minimum atomic E-state index is 0.749. The van der Waals surface area contributed by atoms with Gasteiger partial charge in [-0.3, -0.25) is 9.88 Å². The number of hydrogen-bond acceptors (Lipinski definition) is 4. The number of anilines is 2. The van der Waals surface area contributed by atoms with Crippen LogP contribution in [0.5, 0.6) is 0 Å². The lowest BCUT2D eigenvalue weighted by Gasteiger charge is -2.32. The first-order chi connectivity index (χ1) is 9.36. The number of nitrogens with one attached hydrogen (secondary N) is 1. The van der Waals surface area contributed by atoms with Crippen LogP contribution in [-0.2, 0) is 0 Å². The summed E-state index contributed by atoms with van der Waals surface area (Å²) < 4.78 is 0. The van der Waals surface area contributed by atoms with Gasteiger partial charge in [0.25, 0.3) is 0 Å². The van der Waals surface area contributed by atoms with Gasteiger partial charge in [0.15, 0.2) is 0 Å². The number of aromatic nitrogens is 1. The highest BCUT2D eigenvalue weighted by atomic mass is 15.3. The Morgan fingerprint density at radius 3 is 2.79 bits per heavy atom. The SMILES string of the molecule is CNc1cncc(N2CCC(N3CCCCC3)C2)c1. The molecule has 3 rings (SSSR count). The Bertz CT molecular complexity index is 414. The summed E-state index contributed by atoms with van der Waals surface area (Å²) in [5.74, 6) is 0. The summed E-state index contributed by atoms with van der Waals surface area (Å²) in [7, 11) is 1.95. The molecule has 0 aromatic carbocycles. The predicted molar refractivity (Wildman–Crippen MR) is 79.8 cm³/mol. The van der Waals surface area contributed by atoms with Crippen LogP contribution in [0.4, 0.5) is 11.4 Å². The molecule has 2 saturated heterocycles. The van der Waals surface area contributed by atoms with E-state index in [-0.39, 0.29) is 0 Å². The van der Waals surface area contributed by atoms with Gasteiger partial charge in [-0.15, -0.1) is 0 Å². The van der Waals surface area contributed by atoms with Crippen LogP contribution >= 0.6 is 0 Å². The molecule has 19 heavy (non-hydrogen) atoms. The fourth-order valence-corrected chi connectivity index (χ4v) is 3.30. The minimum absolute atomic E-state index is 0.749. The molecule has 3 heterocycles. The van der Waals surface area contributed by atoms with Gasteiger partial charge in [-0.2, -0.15) is 0 Å². The predicted octanol–water partition coefficient (Wildman–Crippen LogP) is 2.19. The zero-order valence-corrected chi connectivity index (χ0v) is 11.8. The fourth-order valence-electron chi connectivity index (χ4n) is 3.30. The minimum Gasteiger partial charge on any atom is -0.387 e. The smallest absolute Gasteiger partial charge is 0.0574 e. The van der Waals surface area contributed by atoms with Crippen molar-refractivity contribution < 1.29 is 0 Å². The Kier molecular flexibility index (Phi) is 3.87. The van der Waals surface area contributed by atoms with Crippen molar-refractivity contribution in [2.45, 2.75) is 31.7 Å². The van der Waals surface area contributed by atoms with Crippen molar-refractivity contribution >= 4 is 11.4 Å². The molecule has 0 bridgehead atoms. The van der Waals surface area contributed by atoms with Crippen LogP contribution < -0.4 is 10.2 Å². The van der Waals surface area contributed by atoms with E-state index in [1.54, 1.807) is 0 Å². The number of rotatable bonds is 3. The van der Waals surface area contributed by atoms with E-state index in [4.69, 9.17) is 0 Å². The van der Waals surface area contributed by atoms with E-state index < -0.39 is 0 Å². The summed E-state index contributed by atoms with van der Waals surface area (Å²) in [5, 5.41) is 3.17. The average molecular weight is 260 g/mol. The van der Waals surface area contributed by atoms with E-state index in [9.17, 15) is 0 Å². The Labute approximate surface area is 115 Å². The highest BCUT2D eigenvalue weighted by molar-refractivity contribution is 5.56. The van der Waals surface area contributed by atoms with E-state index in [1.165, 1.54) is 44.5 Å². The average Bonchev–Trinajstić information content (AvgIpc) is 2.98. The highest BCUT2D eigenvalue weighted by Crippen LogP contribution is 2.25. The largest absolute Gasteiger partial charge is 0.387 e. The summed E-state index contributed by atoms with van der Waals surface area (Å²) in [6.07, 6.45) is 9.34. The van der Waals surface area contributed by atoms with E-state index in [2.05, 4.69) is 26.2 Å². The second-order valence-corrected chi connectivity index (χ2v) is 5.67. The summed E-state index contributed by atoms with van der Waals surface area (Å²) >= 11 is 0. The van der Waals surface area contributed by atoms with Gasteiger partial charge in [0, 0.05) is 26.2 Å². The number of pyridine rings is 1. The first kappa shape index (κ1) is 12.7. The van der Waals surface area contributed by atoms with E-state index in [0.717, 1.165) is 24.8 Å². The van der Waals surface area contributed by atoms with E-state index in [0.29, 0.717) is 0 Å². The molecule has 0 spiro atoms. The van der Waals surface area contributed by atoms with Crippen molar-refractivity contribution in [2.75, 3.05) is 43.4 Å².